The van der Waals surface area contributed by atoms with Gasteiger partial charge in [0.1, 0.15) is 12.4 Å². The summed E-state index contributed by atoms with van der Waals surface area (Å²) in [5.41, 5.74) is 0.824. The van der Waals surface area contributed by atoms with E-state index in [4.69, 9.17) is 9.52 Å². The molecule has 0 aromatic carbocycles. The Morgan fingerprint density at radius 1 is 1.30 bits per heavy atom. The lowest BCUT2D eigenvalue weighted by Crippen LogP contribution is -2.28. The van der Waals surface area contributed by atoms with Crippen molar-refractivity contribution in [2.24, 2.45) is 0 Å². The van der Waals surface area contributed by atoms with Crippen molar-refractivity contribution in [3.05, 3.63) is 48.0 Å². The molecule has 0 aliphatic heterocycles. The first kappa shape index (κ1) is 14.7. The molecule has 0 atom stereocenters. The van der Waals surface area contributed by atoms with Crippen molar-refractivity contribution in [3.63, 3.8) is 0 Å². The van der Waals surface area contributed by atoms with Crippen molar-refractivity contribution in [2.75, 3.05) is 13.6 Å². The molecule has 6 nitrogen and oxygen atoms in total. The van der Waals surface area contributed by atoms with Gasteiger partial charge in [-0.3, -0.25) is 4.98 Å². The summed E-state index contributed by atoms with van der Waals surface area (Å²) in [6.45, 7) is -0.0261. The monoisotopic (exact) mass is 296 g/mol. The molecule has 2 rings (SSSR count). The van der Waals surface area contributed by atoms with Crippen molar-refractivity contribution >= 4 is 10.0 Å². The molecule has 0 saturated heterocycles. The average molecular weight is 296 g/mol. The molecule has 7 heteroatoms. The van der Waals surface area contributed by atoms with Gasteiger partial charge < -0.3 is 9.52 Å². The molecule has 20 heavy (non-hydrogen) atoms. The van der Waals surface area contributed by atoms with Crippen LogP contribution in [0.4, 0.5) is 0 Å². The zero-order valence-corrected chi connectivity index (χ0v) is 11.9. The van der Waals surface area contributed by atoms with Gasteiger partial charge in [-0.05, 0) is 24.3 Å². The standard InChI is InChI=1S/C13H16N2O4S/c1-15(9-7-11-4-2-3-8-14-11)20(17,18)13-6-5-12(10-16)19-13/h2-6,8,16H,7,9-10H2,1H3. The van der Waals surface area contributed by atoms with Crippen molar-refractivity contribution in [3.8, 4) is 0 Å². The molecule has 1 N–H and O–H groups in total. The van der Waals surface area contributed by atoms with E-state index in [-0.39, 0.29) is 17.5 Å². The fourth-order valence-corrected chi connectivity index (χ4v) is 2.76. The number of pyridine rings is 1. The highest BCUT2D eigenvalue weighted by Crippen LogP contribution is 2.18. The lowest BCUT2D eigenvalue weighted by molar-refractivity contribution is 0.235. The van der Waals surface area contributed by atoms with E-state index >= 15 is 0 Å². The van der Waals surface area contributed by atoms with Gasteiger partial charge in [0.15, 0.2) is 0 Å². The second kappa shape index (κ2) is 6.17. The highest BCUT2D eigenvalue weighted by Gasteiger charge is 2.24. The molecule has 2 heterocycles. The van der Waals surface area contributed by atoms with Crippen LogP contribution in [0.15, 0.2) is 46.0 Å². The number of hydrogen-bond acceptors (Lipinski definition) is 5. The fourth-order valence-electron chi connectivity index (χ4n) is 1.67. The van der Waals surface area contributed by atoms with Crippen LogP contribution in [-0.2, 0) is 23.1 Å². The predicted octanol–water partition coefficient (Wildman–Crippen LogP) is 1.03. The molecule has 0 aliphatic carbocycles. The van der Waals surface area contributed by atoms with Gasteiger partial charge in [-0.25, -0.2) is 8.42 Å². The van der Waals surface area contributed by atoms with E-state index in [0.717, 1.165) is 5.69 Å². The summed E-state index contributed by atoms with van der Waals surface area (Å²) in [4.78, 5) is 4.14. The van der Waals surface area contributed by atoms with Gasteiger partial charge in [0.2, 0.25) is 5.09 Å². The molecule has 108 valence electrons. The summed E-state index contributed by atoms with van der Waals surface area (Å²) in [7, 11) is -2.19. The van der Waals surface area contributed by atoms with Crippen molar-refractivity contribution in [1.29, 1.82) is 0 Å². The molecular weight excluding hydrogens is 280 g/mol. The number of hydrogen-bond donors (Lipinski definition) is 1. The first-order chi connectivity index (χ1) is 9.54. The number of aliphatic hydroxyl groups excluding tert-OH is 1. The number of rotatable bonds is 6. The minimum atomic E-state index is -3.67. The maximum atomic E-state index is 12.2. The molecule has 0 radical (unpaired) electrons. The Hall–Kier alpha value is -1.70. The van der Waals surface area contributed by atoms with Crippen LogP contribution in [0.2, 0.25) is 0 Å². The van der Waals surface area contributed by atoms with Crippen molar-refractivity contribution in [2.45, 2.75) is 18.1 Å². The van der Waals surface area contributed by atoms with E-state index in [0.29, 0.717) is 13.0 Å². The van der Waals surface area contributed by atoms with E-state index in [1.165, 1.54) is 23.5 Å². The number of sulfonamides is 1. The topological polar surface area (TPSA) is 83.6 Å². The average Bonchev–Trinajstić information content (AvgIpc) is 2.95. The minimum Gasteiger partial charge on any atom is -0.446 e. The number of likely N-dealkylation sites (N-methyl/N-ethyl adjacent to an activating group) is 1. The fraction of sp³-hybridized carbons (Fsp3) is 0.308. The highest BCUT2D eigenvalue weighted by molar-refractivity contribution is 7.89. The van der Waals surface area contributed by atoms with Gasteiger partial charge in [-0.15, -0.1) is 0 Å². The van der Waals surface area contributed by atoms with E-state index < -0.39 is 10.0 Å². The highest BCUT2D eigenvalue weighted by atomic mass is 32.2. The number of furan rings is 1. The lowest BCUT2D eigenvalue weighted by Gasteiger charge is -2.14. The third kappa shape index (κ3) is 3.24. The van der Waals surface area contributed by atoms with Gasteiger partial charge in [0.05, 0.1) is 0 Å². The molecule has 0 unspecified atom stereocenters. The van der Waals surface area contributed by atoms with Gasteiger partial charge in [-0.2, -0.15) is 4.31 Å². The summed E-state index contributed by atoms with van der Waals surface area (Å²) in [5.74, 6) is 0.224. The zero-order valence-electron chi connectivity index (χ0n) is 11.1. The Bertz CT molecular complexity index is 652. The van der Waals surface area contributed by atoms with Crippen molar-refractivity contribution in [1.82, 2.24) is 9.29 Å². The Kier molecular flexibility index (Phi) is 4.53. The Labute approximate surface area is 117 Å². The minimum absolute atomic E-state index is 0.162. The van der Waals surface area contributed by atoms with Crippen LogP contribution in [0.5, 0.6) is 0 Å². The largest absolute Gasteiger partial charge is 0.446 e. The molecular formula is C13H16N2O4S. The summed E-state index contributed by atoms with van der Waals surface area (Å²) >= 11 is 0. The third-order valence-corrected chi connectivity index (χ3v) is 4.60. The number of aromatic nitrogens is 1. The Balaban J connectivity index is 2.05. The molecule has 2 aromatic heterocycles. The first-order valence-electron chi connectivity index (χ1n) is 6.10. The maximum absolute atomic E-state index is 12.2. The normalized spacial score (nSPS) is 11.9. The first-order valence-corrected chi connectivity index (χ1v) is 7.54. The molecule has 0 spiro atoms. The molecule has 0 fully saturated rings. The van der Waals surface area contributed by atoms with Crippen LogP contribution in [0.25, 0.3) is 0 Å². The lowest BCUT2D eigenvalue weighted by atomic mass is 10.3. The molecule has 0 bridgehead atoms. The summed E-state index contributed by atoms with van der Waals surface area (Å²) in [5, 5.41) is 8.73. The summed E-state index contributed by atoms with van der Waals surface area (Å²) < 4.78 is 30.7. The molecule has 2 aromatic rings. The Morgan fingerprint density at radius 2 is 2.10 bits per heavy atom. The van der Waals surface area contributed by atoms with Crippen LogP contribution in [-0.4, -0.2) is 36.4 Å². The van der Waals surface area contributed by atoms with Crippen LogP contribution < -0.4 is 0 Å². The van der Waals surface area contributed by atoms with E-state index in [1.807, 2.05) is 18.2 Å². The van der Waals surface area contributed by atoms with Crippen LogP contribution in [0.1, 0.15) is 11.5 Å². The van der Waals surface area contributed by atoms with E-state index in [2.05, 4.69) is 4.98 Å². The molecule has 0 saturated carbocycles. The quantitative estimate of drug-likeness (QED) is 0.860. The van der Waals surface area contributed by atoms with Gasteiger partial charge in [0.25, 0.3) is 10.0 Å². The van der Waals surface area contributed by atoms with E-state index in [1.54, 1.807) is 6.20 Å². The molecule has 0 amide bonds. The second-order valence-electron chi connectivity index (χ2n) is 4.28. The van der Waals surface area contributed by atoms with E-state index in [9.17, 15) is 8.42 Å². The van der Waals surface area contributed by atoms with Crippen LogP contribution in [0, 0.1) is 0 Å². The number of nitrogens with zero attached hydrogens (tertiary/aromatic N) is 2. The van der Waals surface area contributed by atoms with Gasteiger partial charge in [-0.1, -0.05) is 6.07 Å². The maximum Gasteiger partial charge on any atom is 0.276 e. The van der Waals surface area contributed by atoms with Crippen LogP contribution >= 0.6 is 0 Å². The molecule has 0 aliphatic rings. The summed E-state index contributed by atoms with van der Waals surface area (Å²) in [6, 6.07) is 8.30. The predicted molar refractivity (Wildman–Crippen MR) is 72.4 cm³/mol. The third-order valence-electron chi connectivity index (χ3n) is 2.87. The summed E-state index contributed by atoms with van der Waals surface area (Å²) in [6.07, 6.45) is 2.19. The number of aliphatic hydroxyl groups is 1. The zero-order chi connectivity index (χ0) is 14.6. The van der Waals surface area contributed by atoms with Gasteiger partial charge in [0, 0.05) is 31.9 Å². The van der Waals surface area contributed by atoms with Crippen LogP contribution in [0.3, 0.4) is 0 Å². The SMILES string of the molecule is CN(CCc1ccccn1)S(=O)(=O)c1ccc(CO)o1. The Morgan fingerprint density at radius 3 is 2.70 bits per heavy atom. The van der Waals surface area contributed by atoms with Gasteiger partial charge >= 0.3 is 0 Å². The van der Waals surface area contributed by atoms with Crippen molar-refractivity contribution < 1.29 is 17.9 Å². The second-order valence-corrected chi connectivity index (χ2v) is 6.25. The smallest absolute Gasteiger partial charge is 0.276 e.